The number of benzene rings is 3. The number of nitrogens with zero attached hydrogens (tertiary/aromatic N) is 1. The van der Waals surface area contributed by atoms with Crippen LogP contribution in [0.15, 0.2) is 71.6 Å². The third-order valence-electron chi connectivity index (χ3n) is 7.42. The summed E-state index contributed by atoms with van der Waals surface area (Å²) in [6.45, 7) is 0.0438. The summed E-state index contributed by atoms with van der Waals surface area (Å²) in [6.07, 6.45) is 1.43. The first-order valence-corrected chi connectivity index (χ1v) is 16.2. The second kappa shape index (κ2) is 15.5. The smallest absolute Gasteiger partial charge is 0.338 e. The number of carbonyl (C=O) groups is 3. The van der Waals surface area contributed by atoms with Gasteiger partial charge < -0.3 is 19.6 Å². The van der Waals surface area contributed by atoms with Crippen molar-refractivity contribution in [3.8, 4) is 5.75 Å². The number of hydrogen-bond acceptors (Lipinski definition) is 10. The summed E-state index contributed by atoms with van der Waals surface area (Å²) in [4.78, 5) is 52.4. The number of hydrogen-bond donors (Lipinski definition) is 2. The predicted octanol–water partition coefficient (Wildman–Crippen LogP) is 4.25. The fraction of sp³-hybridized carbons (Fsp3) is 0.323. The molecular weight excluding hydrogens is 642 g/mol. The van der Waals surface area contributed by atoms with Gasteiger partial charge in [-0.25, -0.2) is 17.9 Å². The molecule has 244 valence electrons. The molecule has 13 nitrogen and oxygen atoms in total. The second-order valence-electron chi connectivity index (χ2n) is 10.5. The standard InChI is InChI=1S/C31H32ClN3O10S/c1-43-28-15-10-24(32)18-27(28)30(37)33-17-16-20-4-13-26(14-5-20)46(41,42)34-29(36)22-8-11-25(12-9-22)45-31(38)23-6-2-21(3-7-23)19-44-35(39)40/h2-7,10,13-15,18,22,25H,8-9,11-12,16-17,19H2,1H3,(H,33,37)(H,34,36). The predicted molar refractivity (Wildman–Crippen MR) is 165 cm³/mol. The first kappa shape index (κ1) is 34.2. The van der Waals surface area contributed by atoms with Crippen LogP contribution in [-0.2, 0) is 37.4 Å². The van der Waals surface area contributed by atoms with Crippen molar-refractivity contribution >= 4 is 39.4 Å². The van der Waals surface area contributed by atoms with Crippen molar-refractivity contribution in [1.82, 2.24) is 10.0 Å². The van der Waals surface area contributed by atoms with E-state index in [1.54, 1.807) is 24.3 Å². The van der Waals surface area contributed by atoms with E-state index in [0.717, 1.165) is 5.56 Å². The Balaban J connectivity index is 1.21. The summed E-state index contributed by atoms with van der Waals surface area (Å²) in [5, 5.41) is 12.6. The Labute approximate surface area is 270 Å². The highest BCUT2D eigenvalue weighted by Gasteiger charge is 2.31. The highest BCUT2D eigenvalue weighted by Crippen LogP contribution is 2.28. The third kappa shape index (κ3) is 9.41. The van der Waals surface area contributed by atoms with E-state index in [0.29, 0.717) is 54.0 Å². The molecule has 0 unspecified atom stereocenters. The van der Waals surface area contributed by atoms with Gasteiger partial charge in [-0.15, -0.1) is 10.1 Å². The van der Waals surface area contributed by atoms with E-state index in [-0.39, 0.29) is 29.5 Å². The monoisotopic (exact) mass is 673 g/mol. The molecule has 3 aromatic carbocycles. The molecular formula is C31H32ClN3O10S. The lowest BCUT2D eigenvalue weighted by Gasteiger charge is -2.27. The summed E-state index contributed by atoms with van der Waals surface area (Å²) in [7, 11) is -2.66. The number of ether oxygens (including phenoxy) is 2. The number of nitrogens with one attached hydrogen (secondary N) is 2. The summed E-state index contributed by atoms with van der Waals surface area (Å²) in [6, 6.07) is 16.7. The fourth-order valence-corrected chi connectivity index (χ4v) is 6.13. The molecule has 0 atom stereocenters. The van der Waals surface area contributed by atoms with Gasteiger partial charge in [0.2, 0.25) is 5.91 Å². The molecule has 1 saturated carbocycles. The van der Waals surface area contributed by atoms with Gasteiger partial charge >= 0.3 is 5.97 Å². The normalized spacial score (nSPS) is 16.1. The first-order valence-electron chi connectivity index (χ1n) is 14.3. The summed E-state index contributed by atoms with van der Waals surface area (Å²) in [5.74, 6) is -1.72. The Hall–Kier alpha value is -4.69. The maximum Gasteiger partial charge on any atom is 0.338 e. The molecule has 0 saturated heterocycles. The van der Waals surface area contributed by atoms with E-state index < -0.39 is 39.0 Å². The lowest BCUT2D eigenvalue weighted by atomic mass is 9.87. The van der Waals surface area contributed by atoms with E-state index >= 15 is 0 Å². The van der Waals surface area contributed by atoms with Crippen molar-refractivity contribution < 1.29 is 42.2 Å². The van der Waals surface area contributed by atoms with Crippen LogP contribution in [0.2, 0.25) is 5.02 Å². The highest BCUT2D eigenvalue weighted by atomic mass is 35.5. The van der Waals surface area contributed by atoms with Gasteiger partial charge in [-0.2, -0.15) is 0 Å². The van der Waals surface area contributed by atoms with Crippen molar-refractivity contribution in [2.75, 3.05) is 13.7 Å². The number of esters is 1. The minimum atomic E-state index is -4.12. The van der Waals surface area contributed by atoms with Crippen molar-refractivity contribution in [3.05, 3.63) is 104 Å². The fourth-order valence-electron chi connectivity index (χ4n) is 4.91. The summed E-state index contributed by atoms with van der Waals surface area (Å²) < 4.78 is 38.7. The number of methoxy groups -OCH3 is 1. The van der Waals surface area contributed by atoms with Crippen LogP contribution in [0.4, 0.5) is 0 Å². The van der Waals surface area contributed by atoms with E-state index in [1.807, 2.05) is 0 Å². The molecule has 1 aliphatic rings. The lowest BCUT2D eigenvalue weighted by Crippen LogP contribution is -2.38. The molecule has 15 heteroatoms. The van der Waals surface area contributed by atoms with Crippen LogP contribution in [0.25, 0.3) is 0 Å². The van der Waals surface area contributed by atoms with Crippen LogP contribution in [0.3, 0.4) is 0 Å². The van der Waals surface area contributed by atoms with Crippen LogP contribution < -0.4 is 14.8 Å². The average molecular weight is 674 g/mol. The highest BCUT2D eigenvalue weighted by molar-refractivity contribution is 7.90. The Morgan fingerprint density at radius 2 is 1.61 bits per heavy atom. The van der Waals surface area contributed by atoms with Gasteiger partial charge in [-0.1, -0.05) is 35.9 Å². The average Bonchev–Trinajstić information content (AvgIpc) is 3.04. The second-order valence-corrected chi connectivity index (χ2v) is 12.7. The maximum absolute atomic E-state index is 12.9. The van der Waals surface area contributed by atoms with Crippen LogP contribution in [0.1, 0.15) is 57.5 Å². The molecule has 2 N–H and O–H groups in total. The lowest BCUT2D eigenvalue weighted by molar-refractivity contribution is -0.763. The number of rotatable bonds is 13. The van der Waals surface area contributed by atoms with E-state index in [4.69, 9.17) is 21.1 Å². The molecule has 46 heavy (non-hydrogen) atoms. The first-order chi connectivity index (χ1) is 21.9. The molecule has 0 radical (unpaired) electrons. The minimum absolute atomic E-state index is 0.0733. The Morgan fingerprint density at radius 1 is 0.957 bits per heavy atom. The molecule has 0 aromatic heterocycles. The quantitative estimate of drug-likeness (QED) is 0.151. The Morgan fingerprint density at radius 3 is 2.24 bits per heavy atom. The SMILES string of the molecule is COc1ccc(Cl)cc1C(=O)NCCc1ccc(S(=O)(=O)NC(=O)C2CCC(OC(=O)c3ccc(CO[N+](=O)[O-])cc3)CC2)cc1. The van der Waals surface area contributed by atoms with Gasteiger partial charge in [0.05, 0.1) is 23.1 Å². The zero-order valence-electron chi connectivity index (χ0n) is 24.8. The van der Waals surface area contributed by atoms with Gasteiger partial charge in [-0.3, -0.25) is 9.59 Å². The summed E-state index contributed by atoms with van der Waals surface area (Å²) in [5.41, 5.74) is 1.86. The molecule has 1 fully saturated rings. The Bertz CT molecular complexity index is 1670. The van der Waals surface area contributed by atoms with E-state index in [9.17, 15) is 32.9 Å². The van der Waals surface area contributed by atoms with Crippen LogP contribution in [-0.4, -0.2) is 51.0 Å². The van der Waals surface area contributed by atoms with E-state index in [1.165, 1.54) is 49.6 Å². The zero-order chi connectivity index (χ0) is 33.3. The molecule has 0 bridgehead atoms. The van der Waals surface area contributed by atoms with Crippen LogP contribution >= 0.6 is 11.6 Å². The molecule has 2 amide bonds. The Kier molecular flexibility index (Phi) is 11.6. The number of halogens is 1. The van der Waals surface area contributed by atoms with Crippen molar-refractivity contribution in [1.29, 1.82) is 0 Å². The molecule has 1 aliphatic carbocycles. The number of sulfonamides is 1. The molecule has 0 heterocycles. The van der Waals surface area contributed by atoms with Crippen LogP contribution in [0, 0.1) is 16.0 Å². The molecule has 4 rings (SSSR count). The summed E-state index contributed by atoms with van der Waals surface area (Å²) >= 11 is 5.99. The van der Waals surface area contributed by atoms with Gasteiger partial charge in [0.15, 0.2) is 0 Å². The van der Waals surface area contributed by atoms with Crippen molar-refractivity contribution in [2.24, 2.45) is 5.92 Å². The topological polar surface area (TPSA) is 180 Å². The van der Waals surface area contributed by atoms with Gasteiger partial charge in [0.25, 0.3) is 21.0 Å². The maximum atomic E-state index is 12.9. The van der Waals surface area contributed by atoms with E-state index in [2.05, 4.69) is 14.9 Å². The van der Waals surface area contributed by atoms with Gasteiger partial charge in [0, 0.05) is 17.5 Å². The number of carbonyl (C=O) groups excluding carboxylic acids is 3. The third-order valence-corrected chi connectivity index (χ3v) is 9.02. The number of amides is 2. The minimum Gasteiger partial charge on any atom is -0.496 e. The van der Waals surface area contributed by atoms with Crippen LogP contribution in [0.5, 0.6) is 5.75 Å². The molecule has 3 aromatic rings. The van der Waals surface area contributed by atoms with Gasteiger partial charge in [-0.05, 0) is 85.7 Å². The van der Waals surface area contributed by atoms with Gasteiger partial charge in [0.1, 0.15) is 18.5 Å². The zero-order valence-corrected chi connectivity index (χ0v) is 26.3. The molecule has 0 aliphatic heterocycles. The largest absolute Gasteiger partial charge is 0.496 e. The van der Waals surface area contributed by atoms with Crippen molar-refractivity contribution in [2.45, 2.75) is 49.7 Å². The van der Waals surface area contributed by atoms with Crippen molar-refractivity contribution in [3.63, 3.8) is 0 Å². The molecule has 0 spiro atoms.